The summed E-state index contributed by atoms with van der Waals surface area (Å²) >= 11 is 1.32. The number of amides is 2. The highest BCUT2D eigenvalue weighted by Gasteiger charge is 2.36. The molecule has 0 radical (unpaired) electrons. The Kier molecular flexibility index (Phi) is 6.37. The summed E-state index contributed by atoms with van der Waals surface area (Å²) in [5.41, 5.74) is -0.281. The van der Waals surface area contributed by atoms with E-state index in [2.05, 4.69) is 4.98 Å². The number of benzene rings is 2. The third kappa shape index (κ3) is 4.70. The molecule has 33 heavy (non-hydrogen) atoms. The van der Waals surface area contributed by atoms with Gasteiger partial charge in [-0.25, -0.2) is 4.98 Å². The van der Waals surface area contributed by atoms with Gasteiger partial charge in [-0.15, -0.1) is 11.3 Å². The van der Waals surface area contributed by atoms with Crippen LogP contribution < -0.4 is 4.74 Å². The molecule has 0 aliphatic carbocycles. The summed E-state index contributed by atoms with van der Waals surface area (Å²) in [5, 5.41) is 2.31. The number of nitrogens with zero attached hydrogens (tertiary/aromatic N) is 3. The van der Waals surface area contributed by atoms with Gasteiger partial charge < -0.3 is 14.5 Å². The molecule has 6 nitrogen and oxygen atoms in total. The molecule has 0 bridgehead atoms. The molecule has 1 saturated heterocycles. The van der Waals surface area contributed by atoms with E-state index in [0.29, 0.717) is 10.8 Å². The second-order valence-electron chi connectivity index (χ2n) is 7.37. The van der Waals surface area contributed by atoms with Gasteiger partial charge in [0, 0.05) is 31.6 Å². The molecule has 1 aliphatic heterocycles. The highest BCUT2D eigenvalue weighted by molar-refractivity contribution is 7.13. The lowest BCUT2D eigenvalue weighted by atomic mass is 10.1. The van der Waals surface area contributed by atoms with Crippen molar-refractivity contribution in [3.8, 4) is 16.3 Å². The van der Waals surface area contributed by atoms with Crippen LogP contribution in [0.1, 0.15) is 26.4 Å². The van der Waals surface area contributed by atoms with Crippen LogP contribution in [0.3, 0.4) is 0 Å². The van der Waals surface area contributed by atoms with Crippen molar-refractivity contribution in [2.45, 2.75) is 6.18 Å². The number of hydrogen-bond acceptors (Lipinski definition) is 5. The van der Waals surface area contributed by atoms with E-state index in [9.17, 15) is 22.8 Å². The maximum absolute atomic E-state index is 13.3. The molecule has 2 aromatic carbocycles. The van der Waals surface area contributed by atoms with Gasteiger partial charge in [-0.05, 0) is 24.3 Å². The average Bonchev–Trinajstić information content (AvgIpc) is 3.33. The fourth-order valence-electron chi connectivity index (χ4n) is 3.68. The molecule has 0 atom stereocenters. The number of alkyl halides is 3. The second kappa shape index (κ2) is 9.22. The number of piperazine rings is 1. The van der Waals surface area contributed by atoms with Gasteiger partial charge in [0.25, 0.3) is 11.8 Å². The lowest BCUT2D eigenvalue weighted by molar-refractivity contribution is -0.138. The molecule has 0 spiro atoms. The van der Waals surface area contributed by atoms with E-state index in [0.717, 1.165) is 11.6 Å². The Balaban J connectivity index is 1.43. The van der Waals surface area contributed by atoms with Crippen molar-refractivity contribution in [2.24, 2.45) is 0 Å². The number of rotatable bonds is 4. The summed E-state index contributed by atoms with van der Waals surface area (Å²) in [6.45, 7) is 0.696. The molecule has 10 heteroatoms. The van der Waals surface area contributed by atoms with Crippen molar-refractivity contribution in [2.75, 3.05) is 33.3 Å². The first-order valence-electron chi connectivity index (χ1n) is 10.1. The van der Waals surface area contributed by atoms with E-state index in [-0.39, 0.29) is 43.3 Å². The van der Waals surface area contributed by atoms with Gasteiger partial charge in [0.05, 0.1) is 23.8 Å². The highest BCUT2D eigenvalue weighted by Crippen LogP contribution is 2.33. The molecular formula is C23H20F3N3O3S. The molecule has 0 saturated carbocycles. The first-order valence-corrected chi connectivity index (χ1v) is 11.0. The van der Waals surface area contributed by atoms with Crippen LogP contribution in [0.5, 0.6) is 5.75 Å². The minimum atomic E-state index is -4.62. The SMILES string of the molecule is COc1ccccc1-c1nc(C(=O)N2CCN(C(=O)c3ccccc3C(F)(F)F)CC2)cs1. The van der Waals surface area contributed by atoms with E-state index in [1.54, 1.807) is 17.4 Å². The topological polar surface area (TPSA) is 62.7 Å². The Morgan fingerprint density at radius 1 is 0.939 bits per heavy atom. The average molecular weight is 475 g/mol. The van der Waals surface area contributed by atoms with Crippen molar-refractivity contribution in [3.63, 3.8) is 0 Å². The normalized spacial score (nSPS) is 14.3. The first-order chi connectivity index (χ1) is 15.8. The summed E-state index contributed by atoms with van der Waals surface area (Å²) in [6.07, 6.45) is -4.62. The van der Waals surface area contributed by atoms with Crippen LogP contribution >= 0.6 is 11.3 Å². The maximum Gasteiger partial charge on any atom is 0.417 e. The van der Waals surface area contributed by atoms with Gasteiger partial charge in [-0.1, -0.05) is 24.3 Å². The van der Waals surface area contributed by atoms with Crippen LogP contribution in [0.25, 0.3) is 10.6 Å². The van der Waals surface area contributed by atoms with Crippen LogP contribution in [0.15, 0.2) is 53.9 Å². The number of thiazole rings is 1. The monoisotopic (exact) mass is 475 g/mol. The fraction of sp³-hybridized carbons (Fsp3) is 0.261. The number of hydrogen-bond donors (Lipinski definition) is 0. The van der Waals surface area contributed by atoms with Gasteiger partial charge in [0.1, 0.15) is 16.5 Å². The van der Waals surface area contributed by atoms with E-state index in [1.165, 1.54) is 34.4 Å². The van der Waals surface area contributed by atoms with Crippen molar-refractivity contribution >= 4 is 23.2 Å². The standard InChI is InChI=1S/C23H20F3N3O3S/c1-32-19-9-5-3-7-16(19)20-27-18(14-33-20)22(31)29-12-10-28(11-13-29)21(30)15-6-2-4-8-17(15)23(24,25)26/h2-9,14H,10-13H2,1H3. The van der Waals surface area contributed by atoms with Crippen LogP contribution in [0.4, 0.5) is 13.2 Å². The Labute approximate surface area is 192 Å². The molecule has 3 aromatic rings. The summed E-state index contributed by atoms with van der Waals surface area (Å²) in [7, 11) is 1.56. The number of aromatic nitrogens is 1. The lowest BCUT2D eigenvalue weighted by Gasteiger charge is -2.34. The molecule has 172 valence electrons. The summed E-state index contributed by atoms with van der Waals surface area (Å²) < 4.78 is 45.1. The van der Waals surface area contributed by atoms with Crippen molar-refractivity contribution < 1.29 is 27.5 Å². The number of carbonyl (C=O) groups is 2. The molecule has 4 rings (SSSR count). The quantitative estimate of drug-likeness (QED) is 0.560. The van der Waals surface area contributed by atoms with Crippen molar-refractivity contribution in [3.05, 3.63) is 70.7 Å². The molecular weight excluding hydrogens is 455 g/mol. The lowest BCUT2D eigenvalue weighted by Crippen LogP contribution is -2.50. The van der Waals surface area contributed by atoms with Gasteiger partial charge >= 0.3 is 6.18 Å². The predicted octanol–water partition coefficient (Wildman–Crippen LogP) is 4.44. The third-order valence-electron chi connectivity index (χ3n) is 5.38. The van der Waals surface area contributed by atoms with Gasteiger partial charge in [-0.2, -0.15) is 13.2 Å². The molecule has 1 aromatic heterocycles. The minimum Gasteiger partial charge on any atom is -0.496 e. The molecule has 0 N–H and O–H groups in total. The van der Waals surface area contributed by atoms with E-state index >= 15 is 0 Å². The molecule has 2 amide bonds. The van der Waals surface area contributed by atoms with Crippen molar-refractivity contribution in [1.29, 1.82) is 0 Å². The zero-order valence-corrected chi connectivity index (χ0v) is 18.4. The third-order valence-corrected chi connectivity index (χ3v) is 6.25. The van der Waals surface area contributed by atoms with Crippen molar-refractivity contribution in [1.82, 2.24) is 14.8 Å². The Bertz CT molecular complexity index is 1170. The number of halogens is 3. The van der Waals surface area contributed by atoms with Gasteiger partial charge in [-0.3, -0.25) is 9.59 Å². The Morgan fingerprint density at radius 3 is 2.21 bits per heavy atom. The fourth-order valence-corrected chi connectivity index (χ4v) is 4.50. The largest absolute Gasteiger partial charge is 0.496 e. The second-order valence-corrected chi connectivity index (χ2v) is 8.22. The molecule has 1 fully saturated rings. The molecule has 2 heterocycles. The zero-order chi connectivity index (χ0) is 23.6. The number of para-hydroxylation sites is 1. The number of carbonyl (C=O) groups excluding carboxylic acids is 2. The predicted molar refractivity (Wildman–Crippen MR) is 117 cm³/mol. The summed E-state index contributed by atoms with van der Waals surface area (Å²) in [4.78, 5) is 33.0. The Morgan fingerprint density at radius 2 is 1.55 bits per heavy atom. The minimum absolute atomic E-state index is 0.139. The Hall–Kier alpha value is -3.40. The summed E-state index contributed by atoms with van der Waals surface area (Å²) in [5.74, 6) is -0.325. The maximum atomic E-state index is 13.3. The molecule has 1 aliphatic rings. The van der Waals surface area contributed by atoms with Crippen LogP contribution in [0, 0.1) is 0 Å². The van der Waals surface area contributed by atoms with Crippen LogP contribution in [0.2, 0.25) is 0 Å². The zero-order valence-electron chi connectivity index (χ0n) is 17.6. The highest BCUT2D eigenvalue weighted by atomic mass is 32.1. The summed E-state index contributed by atoms with van der Waals surface area (Å²) in [6, 6.07) is 12.1. The number of methoxy groups -OCH3 is 1. The van der Waals surface area contributed by atoms with E-state index < -0.39 is 17.6 Å². The smallest absolute Gasteiger partial charge is 0.417 e. The first kappa shape index (κ1) is 22.8. The van der Waals surface area contributed by atoms with E-state index in [4.69, 9.17) is 4.74 Å². The van der Waals surface area contributed by atoms with Crippen LogP contribution in [-0.2, 0) is 6.18 Å². The van der Waals surface area contributed by atoms with Crippen LogP contribution in [-0.4, -0.2) is 59.9 Å². The van der Waals surface area contributed by atoms with Gasteiger partial charge in [0.15, 0.2) is 0 Å². The molecule has 0 unspecified atom stereocenters. The van der Waals surface area contributed by atoms with Gasteiger partial charge in [0.2, 0.25) is 0 Å². The van der Waals surface area contributed by atoms with E-state index in [1.807, 2.05) is 24.3 Å². The number of ether oxygens (including phenoxy) is 1.